The van der Waals surface area contributed by atoms with Gasteiger partial charge in [-0.15, -0.1) is 11.3 Å². The number of fused-ring (bicyclic) bond motifs is 11. The molecular weight excluding hydrogens is 577 g/mol. The van der Waals surface area contributed by atoms with E-state index in [1.165, 1.54) is 27.7 Å². The first-order valence-corrected chi connectivity index (χ1v) is 17.6. The van der Waals surface area contributed by atoms with E-state index in [1.807, 2.05) is 25.1 Å². The maximum Gasteiger partial charge on any atom is 0.203 e. The quantitative estimate of drug-likeness (QED) is 0.160. The molecule has 4 aliphatic rings. The van der Waals surface area contributed by atoms with E-state index in [2.05, 4.69) is 66.2 Å². The van der Waals surface area contributed by atoms with Gasteiger partial charge in [0.05, 0.1) is 16.6 Å². The van der Waals surface area contributed by atoms with Gasteiger partial charge in [-0.1, -0.05) is 48.9 Å². The van der Waals surface area contributed by atoms with Crippen LogP contribution in [0, 0.1) is 12.3 Å². The lowest BCUT2D eigenvalue weighted by Crippen LogP contribution is -2.53. The number of para-hydroxylation sites is 1. The zero-order chi connectivity index (χ0) is 31.3. The molecule has 0 saturated heterocycles. The maximum atomic E-state index is 14.2. The van der Waals surface area contributed by atoms with Gasteiger partial charge >= 0.3 is 0 Å². The van der Waals surface area contributed by atoms with E-state index in [9.17, 15) is 15.0 Å². The van der Waals surface area contributed by atoms with Crippen molar-refractivity contribution in [2.24, 2.45) is 5.41 Å². The highest BCUT2D eigenvalue weighted by molar-refractivity contribution is 7.14. The fourth-order valence-electron chi connectivity index (χ4n) is 8.64. The van der Waals surface area contributed by atoms with Crippen molar-refractivity contribution in [1.29, 1.82) is 0 Å². The lowest BCUT2D eigenvalue weighted by atomic mass is 9.64. The molecule has 0 radical (unpaired) electrons. The first-order chi connectivity index (χ1) is 21.6. The average Bonchev–Trinajstić information content (AvgIpc) is 3.69. The molecule has 2 bridgehead atoms. The zero-order valence-electron chi connectivity index (χ0n) is 26.9. The Morgan fingerprint density at radius 3 is 2.73 bits per heavy atom. The second kappa shape index (κ2) is 12.0. The van der Waals surface area contributed by atoms with E-state index in [-0.39, 0.29) is 11.7 Å². The molecule has 4 atom stereocenters. The summed E-state index contributed by atoms with van der Waals surface area (Å²) in [5.41, 5.74) is 6.66. The summed E-state index contributed by atoms with van der Waals surface area (Å²) >= 11 is 1.54. The Hall–Kier alpha value is -3.03. The molecule has 5 nitrogen and oxygen atoms in total. The van der Waals surface area contributed by atoms with Crippen LogP contribution in [0.5, 0.6) is 0 Å². The summed E-state index contributed by atoms with van der Waals surface area (Å²) in [4.78, 5) is 22.1. The number of aromatic amines is 1. The van der Waals surface area contributed by atoms with Crippen molar-refractivity contribution in [3.8, 4) is 0 Å². The van der Waals surface area contributed by atoms with Gasteiger partial charge in [-0.3, -0.25) is 9.69 Å². The number of hydrogen-bond acceptors (Lipinski definition) is 5. The second-order valence-corrected chi connectivity index (χ2v) is 15.6. The van der Waals surface area contributed by atoms with Crippen LogP contribution in [0.3, 0.4) is 0 Å². The number of ketones is 1. The van der Waals surface area contributed by atoms with Gasteiger partial charge in [-0.25, -0.2) is 0 Å². The number of rotatable bonds is 4. The Bertz CT molecular complexity index is 1770. The van der Waals surface area contributed by atoms with Gasteiger partial charge in [0.2, 0.25) is 5.78 Å². The SMILES string of the molecule is CC1=CCC[C@@]2(C)[C@@H](CC[C@@]2(O)CN2CCc3c([nH]c4ccccc34)C2)c2ccc(cc2C(=O)c2ccc(C)s2)C[C@@H](O)CC1. The van der Waals surface area contributed by atoms with Crippen LogP contribution in [-0.4, -0.2) is 50.7 Å². The van der Waals surface area contributed by atoms with Crippen molar-refractivity contribution in [3.63, 3.8) is 0 Å². The number of carbonyl (C=O) groups is 1. The minimum Gasteiger partial charge on any atom is -0.393 e. The number of nitrogens with one attached hydrogen (secondary N) is 1. The molecule has 1 saturated carbocycles. The first-order valence-electron chi connectivity index (χ1n) is 16.7. The molecular formula is C39H46N2O3S. The summed E-state index contributed by atoms with van der Waals surface area (Å²) in [5, 5.41) is 25.0. The third kappa shape index (κ3) is 5.65. The van der Waals surface area contributed by atoms with Crippen molar-refractivity contribution in [1.82, 2.24) is 9.88 Å². The number of H-pyrrole nitrogens is 1. The smallest absolute Gasteiger partial charge is 0.203 e. The number of thiophene rings is 1. The Balaban J connectivity index is 1.26. The van der Waals surface area contributed by atoms with E-state index in [1.54, 1.807) is 11.3 Å². The number of benzene rings is 2. The van der Waals surface area contributed by atoms with Gasteiger partial charge in [0.25, 0.3) is 0 Å². The van der Waals surface area contributed by atoms with Crippen LogP contribution in [0.1, 0.15) is 101 Å². The molecule has 3 aliphatic carbocycles. The predicted molar refractivity (Wildman–Crippen MR) is 183 cm³/mol. The van der Waals surface area contributed by atoms with Crippen molar-refractivity contribution >= 4 is 28.0 Å². The van der Waals surface area contributed by atoms with Crippen LogP contribution in [0.15, 0.2) is 66.2 Å². The summed E-state index contributed by atoms with van der Waals surface area (Å²) in [7, 11) is 0. The molecule has 1 fully saturated rings. The topological polar surface area (TPSA) is 76.6 Å². The van der Waals surface area contributed by atoms with Crippen molar-refractivity contribution in [3.05, 3.63) is 104 Å². The highest BCUT2D eigenvalue weighted by Gasteiger charge is 2.57. The standard InChI is InChI=1S/C39H46N2O3S/c1-25-7-6-18-38(3)33(16-19-39(38,44)24-41-20-17-31-30-8-4-5-9-34(30)40-35(31)23-41)29-14-12-27(21-28(42)13-10-25)22-32(29)37(43)36-15-11-26(2)45-36/h4-5,7-9,11-12,14-15,22,28,33,40,42,44H,6,10,13,16-21,23-24H2,1-3H3/t28-,33-,38-,39+/m0/s1. The van der Waals surface area contributed by atoms with E-state index in [0.29, 0.717) is 25.8 Å². The highest BCUT2D eigenvalue weighted by Crippen LogP contribution is 2.59. The number of nitrogens with zero attached hydrogens (tertiary/aromatic N) is 1. The molecule has 236 valence electrons. The molecule has 4 aromatic rings. The summed E-state index contributed by atoms with van der Waals surface area (Å²) in [5.74, 6) is 0.106. The lowest BCUT2D eigenvalue weighted by molar-refractivity contribution is -0.0857. The molecule has 45 heavy (non-hydrogen) atoms. The summed E-state index contributed by atoms with van der Waals surface area (Å²) in [6.07, 6.45) is 8.19. The fraction of sp³-hybridized carbons (Fsp3) is 0.462. The van der Waals surface area contributed by atoms with E-state index in [0.717, 1.165) is 71.6 Å². The first kappa shape index (κ1) is 30.6. The Morgan fingerprint density at radius 1 is 1.07 bits per heavy atom. The van der Waals surface area contributed by atoms with Crippen LogP contribution >= 0.6 is 11.3 Å². The van der Waals surface area contributed by atoms with Gasteiger partial charge in [-0.05, 0) is 112 Å². The van der Waals surface area contributed by atoms with Crippen LogP contribution in [0.4, 0.5) is 0 Å². The minimum absolute atomic E-state index is 0.0477. The van der Waals surface area contributed by atoms with Crippen molar-refractivity contribution in [2.75, 3.05) is 13.1 Å². The predicted octanol–water partition coefficient (Wildman–Crippen LogP) is 7.87. The molecule has 3 N–H and O–H groups in total. The monoisotopic (exact) mass is 622 g/mol. The molecule has 2 aromatic carbocycles. The second-order valence-electron chi connectivity index (χ2n) is 14.3. The van der Waals surface area contributed by atoms with Crippen molar-refractivity contribution < 1.29 is 15.0 Å². The zero-order valence-corrected chi connectivity index (χ0v) is 27.7. The molecule has 1 aliphatic heterocycles. The van der Waals surface area contributed by atoms with E-state index < -0.39 is 17.1 Å². The fourth-order valence-corrected chi connectivity index (χ4v) is 9.46. The molecule has 0 spiro atoms. The summed E-state index contributed by atoms with van der Waals surface area (Å²) in [6.45, 7) is 8.85. The Kier molecular flexibility index (Phi) is 8.14. The number of aliphatic hydroxyl groups excluding tert-OH is 1. The van der Waals surface area contributed by atoms with Crippen LogP contribution in [-0.2, 0) is 19.4 Å². The van der Waals surface area contributed by atoms with Gasteiger partial charge < -0.3 is 15.2 Å². The number of hydrogen-bond donors (Lipinski definition) is 3. The van der Waals surface area contributed by atoms with Gasteiger partial charge in [0.15, 0.2) is 0 Å². The number of aliphatic hydroxyl groups is 2. The Morgan fingerprint density at radius 2 is 1.91 bits per heavy atom. The third-order valence-electron chi connectivity index (χ3n) is 11.3. The van der Waals surface area contributed by atoms with Gasteiger partial charge in [0, 0.05) is 52.1 Å². The van der Waals surface area contributed by atoms with Gasteiger partial charge in [0.1, 0.15) is 0 Å². The summed E-state index contributed by atoms with van der Waals surface area (Å²) < 4.78 is 0. The molecule has 8 rings (SSSR count). The minimum atomic E-state index is -0.894. The number of β-amino-alcohol motifs (C(OH)–C–C–N with tert-alkyl or cyclic N) is 1. The van der Waals surface area contributed by atoms with E-state index in [4.69, 9.17) is 0 Å². The Labute approximate surface area is 271 Å². The highest BCUT2D eigenvalue weighted by atomic mass is 32.1. The van der Waals surface area contributed by atoms with Crippen LogP contribution in [0.25, 0.3) is 10.9 Å². The number of allylic oxidation sites excluding steroid dienone is 2. The number of aryl methyl sites for hydroxylation is 1. The largest absolute Gasteiger partial charge is 0.393 e. The van der Waals surface area contributed by atoms with Gasteiger partial charge in [-0.2, -0.15) is 0 Å². The molecule has 0 amide bonds. The average molecular weight is 623 g/mol. The molecule has 3 heterocycles. The maximum absolute atomic E-state index is 14.2. The normalized spacial score (nSPS) is 27.6. The molecule has 2 aromatic heterocycles. The third-order valence-corrected chi connectivity index (χ3v) is 12.3. The number of carbonyl (C=O) groups excluding carboxylic acids is 1. The van der Waals surface area contributed by atoms with E-state index >= 15 is 0 Å². The van der Waals surface area contributed by atoms with Crippen molar-refractivity contribution in [2.45, 2.75) is 96.3 Å². The van der Waals surface area contributed by atoms with Crippen LogP contribution < -0.4 is 0 Å². The lowest BCUT2D eigenvalue weighted by Gasteiger charge is -2.46. The summed E-state index contributed by atoms with van der Waals surface area (Å²) in [6, 6.07) is 18.8. The molecule has 6 heteroatoms. The van der Waals surface area contributed by atoms with Crippen LogP contribution in [0.2, 0.25) is 0 Å². The molecule has 0 unspecified atom stereocenters. The number of aromatic nitrogens is 1.